The highest BCUT2D eigenvalue weighted by Gasteiger charge is 2.32. The van der Waals surface area contributed by atoms with Crippen LogP contribution >= 0.6 is 11.8 Å². The van der Waals surface area contributed by atoms with Gasteiger partial charge in [0.05, 0.1) is 22.7 Å². The second-order valence-electron chi connectivity index (χ2n) is 9.81. The predicted molar refractivity (Wildman–Crippen MR) is 158 cm³/mol. The van der Waals surface area contributed by atoms with Gasteiger partial charge in [-0.1, -0.05) is 37.2 Å². The van der Waals surface area contributed by atoms with E-state index >= 15 is 0 Å². The van der Waals surface area contributed by atoms with Gasteiger partial charge in [-0.05, 0) is 85.5 Å². The zero-order chi connectivity index (χ0) is 30.0. The molecule has 12 heteroatoms. The van der Waals surface area contributed by atoms with Gasteiger partial charge in [-0.25, -0.2) is 14.5 Å². The number of nitrogens with one attached hydrogen (secondary N) is 1. The van der Waals surface area contributed by atoms with Gasteiger partial charge in [-0.2, -0.15) is 18.2 Å². The Morgan fingerprint density at radius 2 is 1.83 bits per heavy atom. The summed E-state index contributed by atoms with van der Waals surface area (Å²) in [5, 5.41) is 7.50. The van der Waals surface area contributed by atoms with E-state index in [2.05, 4.69) is 27.3 Å². The normalized spacial score (nSPS) is 14.6. The zero-order valence-electron chi connectivity index (χ0n) is 23.1. The Morgan fingerprint density at radius 3 is 2.52 bits per heavy atom. The Bertz CT molecular complexity index is 1680. The number of amidine groups is 1. The number of aromatic nitrogens is 3. The molecule has 0 saturated carbocycles. The Hall–Kier alpha value is -4.45. The number of alkyl halides is 3. The van der Waals surface area contributed by atoms with Crippen LogP contribution in [0.5, 0.6) is 0 Å². The number of thioether (sulfide) groups is 1. The largest absolute Gasteiger partial charge is 0.416 e. The fourth-order valence-corrected chi connectivity index (χ4v) is 5.40. The van der Waals surface area contributed by atoms with Crippen molar-refractivity contribution in [2.45, 2.75) is 39.8 Å². The minimum Gasteiger partial charge on any atom is -0.306 e. The predicted octanol–water partition coefficient (Wildman–Crippen LogP) is 7.19. The van der Waals surface area contributed by atoms with Crippen molar-refractivity contribution in [2.24, 2.45) is 4.99 Å². The first-order valence-electron chi connectivity index (χ1n) is 13.2. The number of hydrogen-bond acceptors (Lipinski definition) is 5. The molecule has 3 amide bonds. The molecule has 1 fully saturated rings. The van der Waals surface area contributed by atoms with Crippen LogP contribution in [-0.2, 0) is 17.4 Å². The van der Waals surface area contributed by atoms with E-state index in [4.69, 9.17) is 0 Å². The van der Waals surface area contributed by atoms with Gasteiger partial charge >= 0.3 is 12.2 Å². The van der Waals surface area contributed by atoms with E-state index in [1.54, 1.807) is 18.2 Å². The van der Waals surface area contributed by atoms with Crippen LogP contribution in [0.25, 0.3) is 17.1 Å². The molecule has 1 saturated heterocycles. The first-order valence-corrected chi connectivity index (χ1v) is 14.2. The van der Waals surface area contributed by atoms with Crippen molar-refractivity contribution in [1.29, 1.82) is 0 Å². The van der Waals surface area contributed by atoms with Crippen LogP contribution in [0, 0.1) is 13.8 Å². The summed E-state index contributed by atoms with van der Waals surface area (Å²) < 4.78 is 40.0. The lowest BCUT2D eigenvalue weighted by Gasteiger charge is -2.20. The molecule has 5 rings (SSSR count). The van der Waals surface area contributed by atoms with Crippen LogP contribution in [-0.4, -0.2) is 37.6 Å². The maximum absolute atomic E-state index is 12.9. The monoisotopic (exact) mass is 592 g/mol. The van der Waals surface area contributed by atoms with Crippen LogP contribution in [0.1, 0.15) is 35.6 Å². The summed E-state index contributed by atoms with van der Waals surface area (Å²) in [6.07, 6.45) is -1.28. The molecule has 0 aliphatic carbocycles. The topological polar surface area (TPSA) is 92.5 Å². The van der Waals surface area contributed by atoms with Gasteiger partial charge < -0.3 is 5.32 Å². The number of aryl methyl sites for hydroxylation is 3. The number of rotatable bonds is 6. The van der Waals surface area contributed by atoms with Crippen molar-refractivity contribution >= 4 is 40.2 Å². The summed E-state index contributed by atoms with van der Waals surface area (Å²) in [6.45, 7) is 5.84. The van der Waals surface area contributed by atoms with Gasteiger partial charge in [0.25, 0.3) is 0 Å². The molecular weight excluding hydrogens is 565 g/mol. The van der Waals surface area contributed by atoms with E-state index in [1.165, 1.54) is 39.8 Å². The Labute approximate surface area is 244 Å². The van der Waals surface area contributed by atoms with E-state index in [-0.39, 0.29) is 11.7 Å². The number of benzene rings is 3. The lowest BCUT2D eigenvalue weighted by Crippen LogP contribution is -2.31. The highest BCUT2D eigenvalue weighted by molar-refractivity contribution is 8.15. The summed E-state index contributed by atoms with van der Waals surface area (Å²) >= 11 is 1.22. The van der Waals surface area contributed by atoms with Crippen molar-refractivity contribution in [1.82, 2.24) is 14.8 Å². The van der Waals surface area contributed by atoms with Crippen molar-refractivity contribution in [3.8, 4) is 17.1 Å². The SMILES string of the molecule is CCCc1ccc(C)cc1N1C(=O)CSC1=NC(=O)Nc1ccc(-c2ncn(-c3ccc(C(F)(F)F)cc3)n2)cc1C. The lowest BCUT2D eigenvalue weighted by molar-refractivity contribution is -0.137. The lowest BCUT2D eigenvalue weighted by atomic mass is 10.0. The second-order valence-corrected chi connectivity index (χ2v) is 10.8. The van der Waals surface area contributed by atoms with E-state index in [9.17, 15) is 22.8 Å². The maximum atomic E-state index is 12.9. The molecule has 1 N–H and O–H groups in total. The van der Waals surface area contributed by atoms with Gasteiger partial charge in [-0.3, -0.25) is 9.69 Å². The summed E-state index contributed by atoms with van der Waals surface area (Å²) in [5.41, 5.74) is 4.39. The second kappa shape index (κ2) is 11.8. The van der Waals surface area contributed by atoms with Crippen molar-refractivity contribution in [3.63, 3.8) is 0 Å². The van der Waals surface area contributed by atoms with Crippen molar-refractivity contribution in [3.05, 3.63) is 89.2 Å². The third-order valence-electron chi connectivity index (χ3n) is 6.64. The van der Waals surface area contributed by atoms with Crippen LogP contribution < -0.4 is 10.2 Å². The Kier molecular flexibility index (Phi) is 8.17. The maximum Gasteiger partial charge on any atom is 0.416 e. The summed E-state index contributed by atoms with van der Waals surface area (Å²) in [4.78, 5) is 35.8. The summed E-state index contributed by atoms with van der Waals surface area (Å²) in [5.74, 6) is 0.442. The van der Waals surface area contributed by atoms with Gasteiger partial charge in [0.1, 0.15) is 6.33 Å². The molecule has 0 bridgehead atoms. The van der Waals surface area contributed by atoms with E-state index in [0.717, 1.165) is 47.4 Å². The smallest absolute Gasteiger partial charge is 0.306 e. The van der Waals surface area contributed by atoms with Crippen LogP contribution in [0.4, 0.5) is 29.3 Å². The third kappa shape index (κ3) is 6.23. The number of amides is 3. The quantitative estimate of drug-likeness (QED) is 0.256. The van der Waals surface area contributed by atoms with Gasteiger partial charge in [0.15, 0.2) is 11.0 Å². The minimum absolute atomic E-state index is 0.127. The fourth-order valence-electron chi connectivity index (χ4n) is 4.54. The number of hydrogen-bond donors (Lipinski definition) is 1. The molecule has 8 nitrogen and oxygen atoms in total. The Morgan fingerprint density at radius 1 is 1.07 bits per heavy atom. The molecule has 0 unspecified atom stereocenters. The number of aliphatic imine (C=N–C) groups is 1. The molecule has 1 aliphatic rings. The van der Waals surface area contributed by atoms with Crippen LogP contribution in [0.3, 0.4) is 0 Å². The molecule has 3 aromatic carbocycles. The molecule has 0 spiro atoms. The molecule has 0 atom stereocenters. The number of urea groups is 1. The third-order valence-corrected chi connectivity index (χ3v) is 7.56. The zero-order valence-corrected chi connectivity index (χ0v) is 23.9. The van der Waals surface area contributed by atoms with Gasteiger partial charge in [-0.15, -0.1) is 5.10 Å². The fraction of sp³-hybridized carbons (Fsp3) is 0.233. The van der Waals surface area contributed by atoms with E-state index in [1.807, 2.05) is 32.0 Å². The number of anilines is 2. The van der Waals surface area contributed by atoms with Gasteiger partial charge in [0.2, 0.25) is 5.91 Å². The molecular formula is C30H27F3N6O2S. The van der Waals surface area contributed by atoms with E-state index < -0.39 is 17.8 Å². The molecule has 4 aromatic rings. The number of carbonyl (C=O) groups is 2. The molecule has 42 heavy (non-hydrogen) atoms. The molecule has 1 aliphatic heterocycles. The summed E-state index contributed by atoms with van der Waals surface area (Å²) in [6, 6.07) is 15.2. The molecule has 0 radical (unpaired) electrons. The summed E-state index contributed by atoms with van der Waals surface area (Å²) in [7, 11) is 0. The average Bonchev–Trinajstić information content (AvgIpc) is 3.58. The van der Waals surface area contributed by atoms with Crippen molar-refractivity contribution < 1.29 is 22.8 Å². The minimum atomic E-state index is -4.42. The first kappa shape index (κ1) is 29.1. The standard InChI is InChI=1S/C30H27F3N6O2S/c1-4-5-20-7-6-18(2)14-25(20)39-26(40)16-42-29(39)36-28(41)35-24-13-8-21(15-19(24)3)27-34-17-38(37-27)23-11-9-22(10-12-23)30(31,32)33/h6-15,17H,4-5,16H2,1-3H3,(H,35,41). The highest BCUT2D eigenvalue weighted by atomic mass is 32.2. The van der Waals surface area contributed by atoms with E-state index in [0.29, 0.717) is 27.9 Å². The van der Waals surface area contributed by atoms with Gasteiger partial charge in [0, 0.05) is 11.3 Å². The highest BCUT2D eigenvalue weighted by Crippen LogP contribution is 2.32. The molecule has 2 heterocycles. The number of nitrogens with zero attached hydrogens (tertiary/aromatic N) is 5. The molecule has 1 aromatic heterocycles. The number of carbonyl (C=O) groups excluding carboxylic acids is 2. The van der Waals surface area contributed by atoms with Crippen LogP contribution in [0.15, 0.2) is 72.0 Å². The first-order chi connectivity index (χ1) is 20.0. The average molecular weight is 593 g/mol. The molecule has 216 valence electrons. The van der Waals surface area contributed by atoms with Crippen LogP contribution in [0.2, 0.25) is 0 Å². The van der Waals surface area contributed by atoms with Crippen molar-refractivity contribution in [2.75, 3.05) is 16.0 Å². The number of halogens is 3. The Balaban J connectivity index is 1.32.